The number of aryl methyl sites for hydroxylation is 1. The molecular formula is C15H19N3O. The minimum absolute atomic E-state index is 0.216. The quantitative estimate of drug-likeness (QED) is 0.897. The summed E-state index contributed by atoms with van der Waals surface area (Å²) in [7, 11) is 0. The molecule has 1 aromatic carbocycles. The Labute approximate surface area is 113 Å². The molecule has 1 atom stereocenters. The summed E-state index contributed by atoms with van der Waals surface area (Å²) in [6.07, 6.45) is 4.81. The van der Waals surface area contributed by atoms with Crippen LogP contribution in [0, 0.1) is 6.92 Å². The van der Waals surface area contributed by atoms with Gasteiger partial charge in [-0.05, 0) is 32.4 Å². The molecule has 0 aliphatic carbocycles. The van der Waals surface area contributed by atoms with E-state index in [-0.39, 0.29) is 6.04 Å². The van der Waals surface area contributed by atoms with Crippen LogP contribution >= 0.6 is 0 Å². The largest absolute Gasteiger partial charge is 0.337 e. The van der Waals surface area contributed by atoms with E-state index < -0.39 is 0 Å². The molecule has 0 bridgehead atoms. The predicted molar refractivity (Wildman–Crippen MR) is 73.7 cm³/mol. The molecule has 3 rings (SSSR count). The lowest BCUT2D eigenvalue weighted by atomic mass is 10.1. The van der Waals surface area contributed by atoms with Crippen LogP contribution in [0.1, 0.15) is 43.2 Å². The highest BCUT2D eigenvalue weighted by molar-refractivity contribution is 5.55. The van der Waals surface area contributed by atoms with Gasteiger partial charge >= 0.3 is 0 Å². The van der Waals surface area contributed by atoms with Gasteiger partial charge in [-0.1, -0.05) is 41.8 Å². The Morgan fingerprint density at radius 3 is 3.11 bits per heavy atom. The Bertz CT molecular complexity index is 542. The molecule has 1 aliphatic rings. The van der Waals surface area contributed by atoms with E-state index in [1.54, 1.807) is 0 Å². The van der Waals surface area contributed by atoms with E-state index in [4.69, 9.17) is 4.52 Å². The van der Waals surface area contributed by atoms with E-state index >= 15 is 0 Å². The number of nitrogens with one attached hydrogen (secondary N) is 1. The van der Waals surface area contributed by atoms with E-state index in [1.165, 1.54) is 24.8 Å². The molecule has 1 N–H and O–H groups in total. The number of aromatic nitrogens is 2. The normalized spacial score (nSPS) is 20.2. The first kappa shape index (κ1) is 12.4. The molecule has 100 valence electrons. The fourth-order valence-corrected chi connectivity index (χ4v) is 2.52. The third-order valence-corrected chi connectivity index (χ3v) is 3.58. The molecule has 4 nitrogen and oxygen atoms in total. The monoisotopic (exact) mass is 257 g/mol. The van der Waals surface area contributed by atoms with Crippen LogP contribution in [-0.2, 0) is 0 Å². The maximum Gasteiger partial charge on any atom is 0.244 e. The second-order valence-corrected chi connectivity index (χ2v) is 5.18. The first-order valence-electron chi connectivity index (χ1n) is 6.97. The highest BCUT2D eigenvalue weighted by Crippen LogP contribution is 2.24. The van der Waals surface area contributed by atoms with Crippen molar-refractivity contribution in [1.82, 2.24) is 15.5 Å². The zero-order chi connectivity index (χ0) is 13.1. The zero-order valence-corrected chi connectivity index (χ0v) is 11.2. The third kappa shape index (κ3) is 2.84. The van der Waals surface area contributed by atoms with Gasteiger partial charge in [-0.2, -0.15) is 4.98 Å². The van der Waals surface area contributed by atoms with Crippen molar-refractivity contribution in [2.45, 2.75) is 38.6 Å². The fraction of sp³-hybridized carbons (Fsp3) is 0.467. The first-order chi connectivity index (χ1) is 9.33. The molecular weight excluding hydrogens is 238 g/mol. The van der Waals surface area contributed by atoms with Crippen molar-refractivity contribution in [2.24, 2.45) is 0 Å². The minimum Gasteiger partial charge on any atom is -0.337 e. The van der Waals surface area contributed by atoms with Crippen LogP contribution in [0.2, 0.25) is 0 Å². The van der Waals surface area contributed by atoms with Gasteiger partial charge in [0.05, 0.1) is 6.04 Å². The van der Waals surface area contributed by atoms with Crippen molar-refractivity contribution < 1.29 is 4.52 Å². The molecule has 1 unspecified atom stereocenters. The maximum absolute atomic E-state index is 5.43. The average Bonchev–Trinajstić information content (AvgIpc) is 2.75. The Balaban J connectivity index is 1.82. The highest BCUT2D eigenvalue weighted by Gasteiger charge is 2.20. The summed E-state index contributed by atoms with van der Waals surface area (Å²) in [6.45, 7) is 3.10. The number of hydrogen-bond donors (Lipinski definition) is 1. The topological polar surface area (TPSA) is 51.0 Å². The van der Waals surface area contributed by atoms with Gasteiger partial charge < -0.3 is 9.84 Å². The van der Waals surface area contributed by atoms with E-state index in [0.717, 1.165) is 24.4 Å². The summed E-state index contributed by atoms with van der Waals surface area (Å²) in [6, 6.07) is 8.40. The van der Waals surface area contributed by atoms with Gasteiger partial charge in [0, 0.05) is 5.56 Å². The number of hydrogen-bond acceptors (Lipinski definition) is 4. The number of benzene rings is 1. The standard InChI is InChI=1S/C15H19N3O/c1-11-6-5-7-12(10-11)14-17-15(19-18-14)13-8-3-2-4-9-16-13/h5-7,10,13,16H,2-4,8-9H2,1H3. The Kier molecular flexibility index (Phi) is 3.60. The van der Waals surface area contributed by atoms with Gasteiger partial charge in [0.15, 0.2) is 0 Å². The number of nitrogens with zero attached hydrogens (tertiary/aromatic N) is 2. The Morgan fingerprint density at radius 1 is 1.26 bits per heavy atom. The molecule has 1 saturated heterocycles. The van der Waals surface area contributed by atoms with Crippen LogP contribution in [0.25, 0.3) is 11.4 Å². The van der Waals surface area contributed by atoms with Crippen LogP contribution in [0.3, 0.4) is 0 Å². The van der Waals surface area contributed by atoms with Crippen molar-refractivity contribution in [3.63, 3.8) is 0 Å². The van der Waals surface area contributed by atoms with Crippen LogP contribution in [0.15, 0.2) is 28.8 Å². The smallest absolute Gasteiger partial charge is 0.244 e. The van der Waals surface area contributed by atoms with Crippen molar-refractivity contribution in [1.29, 1.82) is 0 Å². The lowest BCUT2D eigenvalue weighted by Gasteiger charge is -2.09. The molecule has 0 amide bonds. The van der Waals surface area contributed by atoms with E-state index in [1.807, 2.05) is 12.1 Å². The van der Waals surface area contributed by atoms with Gasteiger partial charge in [0.2, 0.25) is 11.7 Å². The number of rotatable bonds is 2. The summed E-state index contributed by atoms with van der Waals surface area (Å²) in [5, 5.41) is 7.59. The van der Waals surface area contributed by atoms with Crippen LogP contribution in [0.4, 0.5) is 0 Å². The van der Waals surface area contributed by atoms with E-state index in [2.05, 4.69) is 34.5 Å². The molecule has 0 spiro atoms. The predicted octanol–water partition coefficient (Wildman–Crippen LogP) is 3.25. The highest BCUT2D eigenvalue weighted by atomic mass is 16.5. The minimum atomic E-state index is 0.216. The molecule has 1 aromatic heterocycles. The summed E-state index contributed by atoms with van der Waals surface area (Å²) >= 11 is 0. The fourth-order valence-electron chi connectivity index (χ4n) is 2.52. The van der Waals surface area contributed by atoms with Gasteiger partial charge in [0.25, 0.3) is 0 Å². The van der Waals surface area contributed by atoms with Gasteiger partial charge in [0.1, 0.15) is 0 Å². The second kappa shape index (κ2) is 5.53. The molecule has 2 aromatic rings. The lowest BCUT2D eigenvalue weighted by Crippen LogP contribution is -2.20. The van der Waals surface area contributed by atoms with Crippen molar-refractivity contribution >= 4 is 0 Å². The van der Waals surface area contributed by atoms with Gasteiger partial charge in [-0.3, -0.25) is 0 Å². The van der Waals surface area contributed by atoms with Crippen molar-refractivity contribution in [2.75, 3.05) is 6.54 Å². The van der Waals surface area contributed by atoms with Crippen molar-refractivity contribution in [3.8, 4) is 11.4 Å². The van der Waals surface area contributed by atoms with E-state index in [9.17, 15) is 0 Å². The molecule has 4 heteroatoms. The maximum atomic E-state index is 5.43. The Morgan fingerprint density at radius 2 is 2.21 bits per heavy atom. The van der Waals surface area contributed by atoms with Gasteiger partial charge in [-0.25, -0.2) is 0 Å². The molecule has 2 heterocycles. The van der Waals surface area contributed by atoms with Crippen LogP contribution in [0.5, 0.6) is 0 Å². The van der Waals surface area contributed by atoms with E-state index in [0.29, 0.717) is 5.82 Å². The summed E-state index contributed by atoms with van der Waals surface area (Å²) in [4.78, 5) is 4.55. The van der Waals surface area contributed by atoms with Crippen LogP contribution < -0.4 is 5.32 Å². The second-order valence-electron chi connectivity index (χ2n) is 5.18. The van der Waals surface area contributed by atoms with Crippen LogP contribution in [-0.4, -0.2) is 16.7 Å². The first-order valence-corrected chi connectivity index (χ1v) is 6.97. The zero-order valence-electron chi connectivity index (χ0n) is 11.2. The lowest BCUT2D eigenvalue weighted by molar-refractivity contribution is 0.327. The summed E-state index contributed by atoms with van der Waals surface area (Å²) < 4.78 is 5.43. The third-order valence-electron chi connectivity index (χ3n) is 3.58. The molecule has 0 saturated carbocycles. The molecule has 1 aliphatic heterocycles. The SMILES string of the molecule is Cc1cccc(-c2noc(C3CCCCCN3)n2)c1. The molecule has 0 radical (unpaired) electrons. The molecule has 1 fully saturated rings. The average molecular weight is 257 g/mol. The van der Waals surface area contributed by atoms with Gasteiger partial charge in [-0.15, -0.1) is 0 Å². The molecule has 19 heavy (non-hydrogen) atoms. The van der Waals surface area contributed by atoms with Crippen molar-refractivity contribution in [3.05, 3.63) is 35.7 Å². The Hall–Kier alpha value is -1.68. The summed E-state index contributed by atoms with van der Waals surface area (Å²) in [5.41, 5.74) is 2.22. The summed E-state index contributed by atoms with van der Waals surface area (Å²) in [5.74, 6) is 1.41.